The van der Waals surface area contributed by atoms with Crippen LogP contribution in [0.1, 0.15) is 24.4 Å². The summed E-state index contributed by atoms with van der Waals surface area (Å²) in [6, 6.07) is 8.60. The molecule has 0 spiro atoms. The highest BCUT2D eigenvalue weighted by molar-refractivity contribution is 6.30. The second-order valence-electron chi connectivity index (χ2n) is 6.85. The number of aliphatic hydroxyl groups is 1. The van der Waals surface area contributed by atoms with E-state index in [1.54, 1.807) is 0 Å². The fourth-order valence-corrected chi connectivity index (χ4v) is 3.83. The van der Waals surface area contributed by atoms with E-state index >= 15 is 0 Å². The minimum Gasteiger partial charge on any atom is -0.394 e. The maximum Gasteiger partial charge on any atom is 0.0698 e. The first kappa shape index (κ1) is 19.6. The third-order valence-corrected chi connectivity index (χ3v) is 5.34. The molecule has 0 amide bonds. The molecule has 0 bridgehead atoms. The van der Waals surface area contributed by atoms with E-state index in [9.17, 15) is 0 Å². The summed E-state index contributed by atoms with van der Waals surface area (Å²) in [5.41, 5.74) is 2.71. The van der Waals surface area contributed by atoms with E-state index in [0.717, 1.165) is 50.6 Å². The van der Waals surface area contributed by atoms with Crippen LogP contribution in [0, 0.1) is 0 Å². The molecular formula is C21H29ClN2O2. The molecule has 3 rings (SSSR count). The molecular weight excluding hydrogens is 348 g/mol. The Morgan fingerprint density at radius 1 is 1.04 bits per heavy atom. The molecule has 4 nitrogen and oxygen atoms in total. The monoisotopic (exact) mass is 376 g/mol. The van der Waals surface area contributed by atoms with E-state index in [1.165, 1.54) is 11.1 Å². The Morgan fingerprint density at radius 3 is 2.46 bits per heavy atom. The molecule has 2 aliphatic rings. The van der Waals surface area contributed by atoms with Gasteiger partial charge in [0, 0.05) is 37.7 Å². The lowest BCUT2D eigenvalue weighted by atomic mass is 9.92. The number of halogens is 1. The molecule has 1 saturated heterocycles. The van der Waals surface area contributed by atoms with E-state index in [-0.39, 0.29) is 6.61 Å². The quantitative estimate of drug-likeness (QED) is 0.706. The van der Waals surface area contributed by atoms with Gasteiger partial charge in [-0.15, -0.1) is 0 Å². The van der Waals surface area contributed by atoms with Gasteiger partial charge in [0.15, 0.2) is 0 Å². The first-order chi connectivity index (χ1) is 12.8. The van der Waals surface area contributed by atoms with Gasteiger partial charge in [-0.1, -0.05) is 42.0 Å². The molecule has 1 atom stereocenters. The summed E-state index contributed by atoms with van der Waals surface area (Å²) >= 11 is 6.10. The molecule has 142 valence electrons. The lowest BCUT2D eigenvalue weighted by Crippen LogP contribution is -2.48. The molecule has 1 aliphatic carbocycles. The number of allylic oxidation sites excluding steroid dienone is 2. The van der Waals surface area contributed by atoms with Crippen LogP contribution in [0.25, 0.3) is 0 Å². The number of benzene rings is 1. The molecule has 5 heteroatoms. The van der Waals surface area contributed by atoms with Gasteiger partial charge in [0.2, 0.25) is 0 Å². The third-order valence-electron chi connectivity index (χ3n) is 5.08. The Balaban J connectivity index is 1.64. The van der Waals surface area contributed by atoms with Crippen molar-refractivity contribution in [2.45, 2.75) is 18.9 Å². The maximum atomic E-state index is 8.78. The van der Waals surface area contributed by atoms with E-state index in [4.69, 9.17) is 21.4 Å². The summed E-state index contributed by atoms with van der Waals surface area (Å²) in [5, 5.41) is 9.57. The fraction of sp³-hybridized carbons (Fsp3) is 0.524. The van der Waals surface area contributed by atoms with Gasteiger partial charge < -0.3 is 9.84 Å². The topological polar surface area (TPSA) is 35.9 Å². The van der Waals surface area contributed by atoms with Crippen molar-refractivity contribution in [3.05, 3.63) is 58.7 Å². The Labute approximate surface area is 161 Å². The average molecular weight is 377 g/mol. The van der Waals surface area contributed by atoms with E-state index in [0.29, 0.717) is 19.3 Å². The molecule has 0 aromatic heterocycles. The SMILES string of the molecule is OCCOCCN1CCN(C(C2=CCCC=C2)c2ccc(Cl)cc2)CC1. The Hall–Kier alpha value is -1.17. The van der Waals surface area contributed by atoms with Crippen molar-refractivity contribution in [2.24, 2.45) is 0 Å². The highest BCUT2D eigenvalue weighted by atomic mass is 35.5. The van der Waals surface area contributed by atoms with Gasteiger partial charge >= 0.3 is 0 Å². The second-order valence-corrected chi connectivity index (χ2v) is 7.29. The predicted octanol–water partition coefficient (Wildman–Crippen LogP) is 3.28. The highest BCUT2D eigenvalue weighted by Gasteiger charge is 2.27. The Bertz CT molecular complexity index is 607. The summed E-state index contributed by atoms with van der Waals surface area (Å²) in [6.45, 7) is 6.32. The van der Waals surface area contributed by atoms with Crippen molar-refractivity contribution in [2.75, 3.05) is 52.5 Å². The summed E-state index contributed by atoms with van der Waals surface area (Å²) in [4.78, 5) is 5.02. The molecule has 0 saturated carbocycles. The van der Waals surface area contributed by atoms with Crippen LogP contribution in [0.5, 0.6) is 0 Å². The lowest BCUT2D eigenvalue weighted by Gasteiger charge is -2.40. The first-order valence-corrected chi connectivity index (χ1v) is 9.93. The summed E-state index contributed by atoms with van der Waals surface area (Å²) in [6.07, 6.45) is 9.22. The molecule has 1 fully saturated rings. The van der Waals surface area contributed by atoms with Gasteiger partial charge in [0.25, 0.3) is 0 Å². The molecule has 1 aromatic rings. The number of aliphatic hydroxyl groups excluding tert-OH is 1. The van der Waals surface area contributed by atoms with E-state index < -0.39 is 0 Å². The molecule has 26 heavy (non-hydrogen) atoms. The summed E-state index contributed by atoms with van der Waals surface area (Å²) in [7, 11) is 0. The summed E-state index contributed by atoms with van der Waals surface area (Å²) < 4.78 is 5.40. The molecule has 1 aromatic carbocycles. The van der Waals surface area contributed by atoms with Crippen molar-refractivity contribution in [1.29, 1.82) is 0 Å². The molecule has 1 heterocycles. The average Bonchev–Trinajstić information content (AvgIpc) is 2.69. The van der Waals surface area contributed by atoms with Crippen LogP contribution < -0.4 is 0 Å². The normalized spacial score (nSPS) is 20.2. The molecule has 0 radical (unpaired) electrons. The number of piperazine rings is 1. The standard InChI is InChI=1S/C21H29ClN2O2/c22-20-8-6-19(7-9-20)21(18-4-2-1-3-5-18)24-12-10-23(11-13-24)14-16-26-17-15-25/h2,4-9,21,25H,1,3,10-17H2. The van der Waals surface area contributed by atoms with Crippen molar-refractivity contribution >= 4 is 11.6 Å². The van der Waals surface area contributed by atoms with Gasteiger partial charge in [-0.2, -0.15) is 0 Å². The van der Waals surface area contributed by atoms with Crippen LogP contribution in [0.2, 0.25) is 5.02 Å². The zero-order chi connectivity index (χ0) is 18.2. The highest BCUT2D eigenvalue weighted by Crippen LogP contribution is 2.33. The van der Waals surface area contributed by atoms with Crippen LogP contribution in [0.15, 0.2) is 48.1 Å². The molecule has 1 aliphatic heterocycles. The Kier molecular flexibility index (Phi) is 7.71. The van der Waals surface area contributed by atoms with Crippen molar-refractivity contribution in [3.63, 3.8) is 0 Å². The zero-order valence-electron chi connectivity index (χ0n) is 15.3. The van der Waals surface area contributed by atoms with Crippen LogP contribution in [-0.4, -0.2) is 67.5 Å². The minimum absolute atomic E-state index is 0.0964. The van der Waals surface area contributed by atoms with Gasteiger partial charge in [0.1, 0.15) is 0 Å². The van der Waals surface area contributed by atoms with Gasteiger partial charge in [-0.05, 0) is 36.1 Å². The lowest BCUT2D eigenvalue weighted by molar-refractivity contribution is 0.0521. The molecule has 1 N–H and O–H groups in total. The smallest absolute Gasteiger partial charge is 0.0698 e. The van der Waals surface area contributed by atoms with E-state index in [2.05, 4.69) is 40.2 Å². The number of ether oxygens (including phenoxy) is 1. The fourth-order valence-electron chi connectivity index (χ4n) is 3.70. The zero-order valence-corrected chi connectivity index (χ0v) is 16.1. The van der Waals surface area contributed by atoms with Gasteiger partial charge in [0.05, 0.1) is 25.9 Å². The molecule has 1 unspecified atom stereocenters. The summed E-state index contributed by atoms with van der Waals surface area (Å²) in [5.74, 6) is 0. The minimum atomic E-state index is 0.0964. The van der Waals surface area contributed by atoms with Crippen LogP contribution in [0.3, 0.4) is 0 Å². The van der Waals surface area contributed by atoms with Crippen molar-refractivity contribution < 1.29 is 9.84 Å². The number of rotatable bonds is 8. The number of hydrogen-bond donors (Lipinski definition) is 1. The van der Waals surface area contributed by atoms with Crippen molar-refractivity contribution in [3.8, 4) is 0 Å². The van der Waals surface area contributed by atoms with Crippen LogP contribution in [0.4, 0.5) is 0 Å². The number of hydrogen-bond acceptors (Lipinski definition) is 4. The van der Waals surface area contributed by atoms with Crippen molar-refractivity contribution in [1.82, 2.24) is 9.80 Å². The van der Waals surface area contributed by atoms with E-state index in [1.807, 2.05) is 12.1 Å². The van der Waals surface area contributed by atoms with Gasteiger partial charge in [-0.25, -0.2) is 0 Å². The number of nitrogens with zero attached hydrogens (tertiary/aromatic N) is 2. The maximum absolute atomic E-state index is 8.78. The third kappa shape index (κ3) is 5.41. The second kappa shape index (κ2) is 10.2. The Morgan fingerprint density at radius 2 is 1.81 bits per heavy atom. The largest absolute Gasteiger partial charge is 0.394 e. The van der Waals surface area contributed by atoms with Crippen LogP contribution >= 0.6 is 11.6 Å². The van der Waals surface area contributed by atoms with Gasteiger partial charge in [-0.3, -0.25) is 9.80 Å². The van der Waals surface area contributed by atoms with Crippen LogP contribution in [-0.2, 0) is 4.74 Å². The first-order valence-electron chi connectivity index (χ1n) is 9.55. The predicted molar refractivity (Wildman–Crippen MR) is 107 cm³/mol.